The molecule has 25 heavy (non-hydrogen) atoms. The number of nitrogens with one attached hydrogen (secondary N) is 1. The minimum Gasteiger partial charge on any atom is -0.353 e. The number of thioether (sulfide) groups is 1. The largest absolute Gasteiger partial charge is 0.353 e. The van der Waals surface area contributed by atoms with Crippen LogP contribution in [0.5, 0.6) is 0 Å². The van der Waals surface area contributed by atoms with E-state index in [4.69, 9.17) is 23.2 Å². The maximum atomic E-state index is 13.3. The molecule has 1 atom stereocenters. The zero-order valence-corrected chi connectivity index (χ0v) is 18.0. The van der Waals surface area contributed by atoms with Gasteiger partial charge in [-0.3, -0.25) is 4.34 Å². The van der Waals surface area contributed by atoms with Gasteiger partial charge in [-0.05, 0) is 46.5 Å². The van der Waals surface area contributed by atoms with Crippen LogP contribution in [0.15, 0.2) is 29.2 Å². The fraction of sp³-hybridized carbons (Fsp3) is 0.143. The number of rotatable bonds is 5. The first-order valence-electron chi connectivity index (χ1n) is 6.79. The summed E-state index contributed by atoms with van der Waals surface area (Å²) in [5, 5.41) is 4.03. The van der Waals surface area contributed by atoms with E-state index >= 15 is 0 Å². The van der Waals surface area contributed by atoms with E-state index in [1.807, 2.05) is 40.4 Å². The van der Waals surface area contributed by atoms with Crippen molar-refractivity contribution < 1.29 is 8.78 Å². The molecule has 0 aliphatic heterocycles. The standard InChI is InChI=1S/C14H10Cl2F2IN4PS/c1-25-9-4-6(15)2-3-7(9)20-8-5-10(16)21-13-11(8)22-14(12(17)18)23(13)24-19/h2-5,12,24H,1H3,(H,20,21). The normalized spacial score (nSPS) is 12.0. The summed E-state index contributed by atoms with van der Waals surface area (Å²) in [6, 6.07) is 6.97. The average Bonchev–Trinajstić information content (AvgIpc) is 2.95. The summed E-state index contributed by atoms with van der Waals surface area (Å²) in [7, 11) is 0. The van der Waals surface area contributed by atoms with Crippen molar-refractivity contribution in [1.29, 1.82) is 0 Å². The van der Waals surface area contributed by atoms with E-state index in [2.05, 4.69) is 15.3 Å². The average molecular weight is 533 g/mol. The van der Waals surface area contributed by atoms with Crippen LogP contribution in [0.4, 0.5) is 20.2 Å². The molecule has 0 aliphatic carbocycles. The number of aromatic nitrogens is 3. The maximum Gasteiger partial charge on any atom is 0.295 e. The van der Waals surface area contributed by atoms with E-state index < -0.39 is 6.43 Å². The van der Waals surface area contributed by atoms with Crippen molar-refractivity contribution in [2.75, 3.05) is 11.6 Å². The molecule has 2 aromatic heterocycles. The highest BCUT2D eigenvalue weighted by Crippen LogP contribution is 2.39. The van der Waals surface area contributed by atoms with Crippen molar-refractivity contribution in [3.63, 3.8) is 0 Å². The molecular weight excluding hydrogens is 523 g/mol. The number of fused-ring (bicyclic) bond motifs is 1. The second kappa shape index (κ2) is 8.08. The van der Waals surface area contributed by atoms with Gasteiger partial charge in [-0.25, -0.2) is 18.7 Å². The molecule has 0 amide bonds. The molecule has 1 unspecified atom stereocenters. The van der Waals surface area contributed by atoms with Crippen molar-refractivity contribution >= 4 is 85.9 Å². The quantitative estimate of drug-likeness (QED) is 0.167. The first kappa shape index (κ1) is 19.4. The van der Waals surface area contributed by atoms with E-state index in [-0.39, 0.29) is 17.4 Å². The Morgan fingerprint density at radius 2 is 2.00 bits per heavy atom. The van der Waals surface area contributed by atoms with E-state index in [0.29, 0.717) is 21.9 Å². The van der Waals surface area contributed by atoms with Crippen LogP contribution in [-0.2, 0) is 0 Å². The minimum absolute atomic E-state index is 0.0302. The minimum atomic E-state index is -2.69. The zero-order chi connectivity index (χ0) is 18.1. The van der Waals surface area contributed by atoms with Gasteiger partial charge in [-0.15, -0.1) is 11.8 Å². The summed E-state index contributed by atoms with van der Waals surface area (Å²) in [5.41, 5.74) is 1.98. The Kier molecular flexibility index (Phi) is 6.26. The summed E-state index contributed by atoms with van der Waals surface area (Å²) in [6.45, 7) is 0. The van der Waals surface area contributed by atoms with Gasteiger partial charge in [0.2, 0.25) is 0 Å². The lowest BCUT2D eigenvalue weighted by molar-refractivity contribution is 0.140. The summed E-state index contributed by atoms with van der Waals surface area (Å²) in [6.07, 6.45) is -0.740. The highest BCUT2D eigenvalue weighted by Gasteiger charge is 2.22. The van der Waals surface area contributed by atoms with Gasteiger partial charge in [0, 0.05) is 16.0 Å². The van der Waals surface area contributed by atoms with Gasteiger partial charge in [0.1, 0.15) is 10.7 Å². The Morgan fingerprint density at radius 1 is 1.24 bits per heavy atom. The lowest BCUT2D eigenvalue weighted by Gasteiger charge is -2.12. The molecule has 1 aromatic carbocycles. The Hall–Kier alpha value is -0.410. The Bertz CT molecular complexity index is 941. The molecule has 0 aliphatic rings. The molecule has 11 heteroatoms. The van der Waals surface area contributed by atoms with Gasteiger partial charge in [0.25, 0.3) is 6.43 Å². The fourth-order valence-electron chi connectivity index (χ4n) is 2.27. The second-order valence-corrected chi connectivity index (χ2v) is 8.56. The number of halogens is 5. The SMILES string of the molecule is CSc1cc(Cl)ccc1Nc1cc(Cl)nc2c1nc(C(F)F)n2PI. The van der Waals surface area contributed by atoms with Gasteiger partial charge < -0.3 is 5.32 Å². The van der Waals surface area contributed by atoms with E-state index in [9.17, 15) is 8.78 Å². The maximum absolute atomic E-state index is 13.3. The lowest BCUT2D eigenvalue weighted by Crippen LogP contribution is -1.96. The van der Waals surface area contributed by atoms with Crippen molar-refractivity contribution in [2.24, 2.45) is 0 Å². The van der Waals surface area contributed by atoms with Gasteiger partial charge >= 0.3 is 0 Å². The highest BCUT2D eigenvalue weighted by atomic mass is 127. The number of benzene rings is 1. The van der Waals surface area contributed by atoms with E-state index in [0.717, 1.165) is 10.6 Å². The molecule has 0 radical (unpaired) electrons. The molecule has 4 nitrogen and oxygen atoms in total. The van der Waals surface area contributed by atoms with Crippen LogP contribution in [0.1, 0.15) is 12.2 Å². The van der Waals surface area contributed by atoms with Crippen LogP contribution in [0, 0.1) is 0 Å². The molecule has 1 N–H and O–H groups in total. The van der Waals surface area contributed by atoms with E-state index in [1.54, 1.807) is 12.1 Å². The predicted octanol–water partition coefficient (Wildman–Crippen LogP) is 6.93. The molecule has 3 rings (SSSR count). The first-order chi connectivity index (χ1) is 11.9. The fourth-order valence-corrected chi connectivity index (χ4v) is 5.18. The number of hydrogen-bond acceptors (Lipinski definition) is 4. The monoisotopic (exact) mass is 532 g/mol. The molecule has 132 valence electrons. The topological polar surface area (TPSA) is 42.7 Å². The van der Waals surface area contributed by atoms with Gasteiger partial charge in [-0.2, -0.15) is 0 Å². The zero-order valence-electron chi connectivity index (χ0n) is 12.5. The predicted molar refractivity (Wildman–Crippen MR) is 112 cm³/mol. The van der Waals surface area contributed by atoms with Crippen molar-refractivity contribution in [1.82, 2.24) is 14.3 Å². The van der Waals surface area contributed by atoms with E-state index in [1.165, 1.54) is 16.1 Å². The lowest BCUT2D eigenvalue weighted by atomic mass is 10.3. The number of alkyl halides is 2. The number of imidazole rings is 1. The van der Waals surface area contributed by atoms with Crippen LogP contribution in [0.25, 0.3) is 11.2 Å². The molecule has 3 aromatic rings. The molecule has 0 saturated heterocycles. The van der Waals surface area contributed by atoms with Crippen LogP contribution in [0.2, 0.25) is 10.2 Å². The smallest absolute Gasteiger partial charge is 0.295 e. The molecule has 0 fully saturated rings. The highest BCUT2D eigenvalue weighted by molar-refractivity contribution is 14.2. The van der Waals surface area contributed by atoms with Gasteiger partial charge in [0.15, 0.2) is 11.5 Å². The third kappa shape index (κ3) is 3.98. The van der Waals surface area contributed by atoms with Crippen LogP contribution in [0.3, 0.4) is 0 Å². The van der Waals surface area contributed by atoms with Crippen LogP contribution >= 0.6 is 63.4 Å². The van der Waals surface area contributed by atoms with Gasteiger partial charge in [-0.1, -0.05) is 23.2 Å². The van der Waals surface area contributed by atoms with Crippen molar-refractivity contribution in [3.8, 4) is 0 Å². The van der Waals surface area contributed by atoms with Crippen LogP contribution in [-0.4, -0.2) is 20.6 Å². The summed E-state index contributed by atoms with van der Waals surface area (Å²) >= 11 is 15.7. The van der Waals surface area contributed by atoms with Crippen molar-refractivity contribution in [3.05, 3.63) is 40.3 Å². The number of anilines is 2. The third-order valence-electron chi connectivity index (χ3n) is 3.32. The first-order valence-corrected chi connectivity index (χ1v) is 12.8. The van der Waals surface area contributed by atoms with Crippen LogP contribution < -0.4 is 5.32 Å². The number of hydrogen-bond donors (Lipinski definition) is 1. The Labute approximate surface area is 171 Å². The molecular formula is C14H10Cl2F2IN4PS. The summed E-state index contributed by atoms with van der Waals surface area (Å²) < 4.78 is 28.0. The number of pyridine rings is 1. The molecule has 2 heterocycles. The Morgan fingerprint density at radius 3 is 2.64 bits per heavy atom. The second-order valence-electron chi connectivity index (χ2n) is 4.82. The Balaban J connectivity index is 2.16. The van der Waals surface area contributed by atoms with Crippen molar-refractivity contribution in [2.45, 2.75) is 11.3 Å². The molecule has 0 bridgehead atoms. The molecule has 0 spiro atoms. The molecule has 0 saturated carbocycles. The summed E-state index contributed by atoms with van der Waals surface area (Å²) in [5.74, 6) is -0.318. The third-order valence-corrected chi connectivity index (χ3v) is 6.59. The number of nitrogens with zero attached hydrogens (tertiary/aromatic N) is 3. The van der Waals surface area contributed by atoms with Gasteiger partial charge in [0.05, 0.1) is 17.7 Å². The summed E-state index contributed by atoms with van der Waals surface area (Å²) in [4.78, 5) is 9.18.